The van der Waals surface area contributed by atoms with Gasteiger partial charge >= 0.3 is 0 Å². The Balaban J connectivity index is 1.78. The second kappa shape index (κ2) is 5.76. The molecule has 1 amide bonds. The average Bonchev–Trinajstić information content (AvgIpc) is 3.18. The largest absolute Gasteiger partial charge is 0.396 e. The van der Waals surface area contributed by atoms with Crippen molar-refractivity contribution in [2.75, 3.05) is 13.2 Å². The first kappa shape index (κ1) is 13.4. The quantitative estimate of drug-likeness (QED) is 0.681. The number of rotatable bonds is 6. The van der Waals surface area contributed by atoms with E-state index in [1.54, 1.807) is 0 Å². The van der Waals surface area contributed by atoms with Crippen LogP contribution < -0.4 is 5.32 Å². The monoisotopic (exact) mass is 265 g/mol. The molecule has 0 saturated heterocycles. The number of amides is 1. The van der Waals surface area contributed by atoms with E-state index in [2.05, 4.69) is 17.9 Å². The van der Waals surface area contributed by atoms with Crippen molar-refractivity contribution in [2.45, 2.75) is 24.5 Å². The van der Waals surface area contributed by atoms with Gasteiger partial charge in [-0.2, -0.15) is 12.6 Å². The Kier molecular flexibility index (Phi) is 4.30. The summed E-state index contributed by atoms with van der Waals surface area (Å²) in [5, 5.41) is 11.7. The van der Waals surface area contributed by atoms with Crippen LogP contribution in [0.15, 0.2) is 30.3 Å². The molecule has 1 aromatic carbocycles. The van der Waals surface area contributed by atoms with Gasteiger partial charge in [-0.05, 0) is 24.8 Å². The van der Waals surface area contributed by atoms with Crippen molar-refractivity contribution < 1.29 is 9.90 Å². The SMILES string of the molecule is O=C(NCC1(CO)CC1)C(S)Cc1ccccc1. The molecule has 1 aromatic rings. The molecule has 1 aliphatic carbocycles. The van der Waals surface area contributed by atoms with E-state index in [9.17, 15) is 9.90 Å². The molecule has 0 radical (unpaired) electrons. The summed E-state index contributed by atoms with van der Waals surface area (Å²) in [5.41, 5.74) is 1.06. The lowest BCUT2D eigenvalue weighted by molar-refractivity contribution is -0.120. The van der Waals surface area contributed by atoms with Gasteiger partial charge in [0.25, 0.3) is 0 Å². The summed E-state index contributed by atoms with van der Waals surface area (Å²) >= 11 is 4.34. The van der Waals surface area contributed by atoms with Crippen LogP contribution in [0.1, 0.15) is 18.4 Å². The highest BCUT2D eigenvalue weighted by atomic mass is 32.1. The first-order chi connectivity index (χ1) is 8.65. The minimum atomic E-state index is -0.332. The number of hydrogen-bond acceptors (Lipinski definition) is 3. The Hall–Kier alpha value is -1.00. The van der Waals surface area contributed by atoms with E-state index in [1.807, 2.05) is 30.3 Å². The molecule has 0 aromatic heterocycles. The van der Waals surface area contributed by atoms with Gasteiger partial charge in [0.2, 0.25) is 5.91 Å². The van der Waals surface area contributed by atoms with Crippen LogP contribution in [0.2, 0.25) is 0 Å². The molecule has 1 atom stereocenters. The maximum absolute atomic E-state index is 11.9. The van der Waals surface area contributed by atoms with Gasteiger partial charge in [-0.3, -0.25) is 4.79 Å². The second-order valence-electron chi connectivity index (χ2n) is 5.08. The van der Waals surface area contributed by atoms with Gasteiger partial charge in [0.1, 0.15) is 0 Å². The third-order valence-electron chi connectivity index (χ3n) is 3.50. The normalized spacial score (nSPS) is 18.1. The van der Waals surface area contributed by atoms with E-state index in [0.717, 1.165) is 18.4 Å². The van der Waals surface area contributed by atoms with Crippen molar-refractivity contribution in [2.24, 2.45) is 5.41 Å². The Labute approximate surface area is 113 Å². The lowest BCUT2D eigenvalue weighted by Crippen LogP contribution is -2.37. The van der Waals surface area contributed by atoms with Gasteiger partial charge < -0.3 is 10.4 Å². The highest BCUT2D eigenvalue weighted by molar-refractivity contribution is 7.81. The summed E-state index contributed by atoms with van der Waals surface area (Å²) in [7, 11) is 0. The number of thiol groups is 1. The summed E-state index contributed by atoms with van der Waals surface area (Å²) in [6, 6.07) is 9.85. The molecule has 3 nitrogen and oxygen atoms in total. The van der Waals surface area contributed by atoms with Gasteiger partial charge in [0.15, 0.2) is 0 Å². The maximum Gasteiger partial charge on any atom is 0.233 e. The molecule has 1 unspecified atom stereocenters. The Morgan fingerprint density at radius 1 is 1.39 bits per heavy atom. The summed E-state index contributed by atoms with van der Waals surface area (Å²) in [6.45, 7) is 0.720. The highest BCUT2D eigenvalue weighted by Gasteiger charge is 2.42. The van der Waals surface area contributed by atoms with E-state index in [-0.39, 0.29) is 23.2 Å². The molecule has 0 spiro atoms. The molecule has 0 aliphatic heterocycles. The zero-order valence-electron chi connectivity index (χ0n) is 10.3. The number of benzene rings is 1. The Bertz CT molecular complexity index is 404. The van der Waals surface area contributed by atoms with Gasteiger partial charge in [0, 0.05) is 12.0 Å². The molecule has 2 N–H and O–H groups in total. The molecule has 1 fully saturated rings. The van der Waals surface area contributed by atoms with Gasteiger partial charge in [-0.25, -0.2) is 0 Å². The van der Waals surface area contributed by atoms with Crippen LogP contribution in [-0.2, 0) is 11.2 Å². The average molecular weight is 265 g/mol. The Morgan fingerprint density at radius 2 is 2.06 bits per heavy atom. The molecule has 1 aliphatic rings. The fraction of sp³-hybridized carbons (Fsp3) is 0.500. The number of carbonyl (C=O) groups is 1. The van der Waals surface area contributed by atoms with Crippen LogP contribution in [0.3, 0.4) is 0 Å². The van der Waals surface area contributed by atoms with Crippen molar-refractivity contribution in [3.05, 3.63) is 35.9 Å². The minimum absolute atomic E-state index is 0.0457. The van der Waals surface area contributed by atoms with Crippen LogP contribution in [0.5, 0.6) is 0 Å². The highest BCUT2D eigenvalue weighted by Crippen LogP contribution is 2.44. The zero-order chi connectivity index (χ0) is 13.0. The third-order valence-corrected chi connectivity index (χ3v) is 3.92. The number of nitrogens with one attached hydrogen (secondary N) is 1. The second-order valence-corrected chi connectivity index (χ2v) is 5.70. The number of carbonyl (C=O) groups excluding carboxylic acids is 1. The predicted octanol–water partition coefficient (Wildman–Crippen LogP) is 1.42. The fourth-order valence-corrected chi connectivity index (χ4v) is 2.19. The molecule has 2 rings (SSSR count). The van der Waals surface area contributed by atoms with Gasteiger partial charge in [-0.15, -0.1) is 0 Å². The fourth-order valence-electron chi connectivity index (χ4n) is 1.89. The molecule has 98 valence electrons. The molecule has 0 heterocycles. The van der Waals surface area contributed by atoms with Crippen molar-refractivity contribution in [3.63, 3.8) is 0 Å². The van der Waals surface area contributed by atoms with Crippen molar-refractivity contribution >= 4 is 18.5 Å². The van der Waals surface area contributed by atoms with E-state index < -0.39 is 0 Å². The van der Waals surface area contributed by atoms with Gasteiger partial charge in [-0.1, -0.05) is 30.3 Å². The molecule has 18 heavy (non-hydrogen) atoms. The first-order valence-electron chi connectivity index (χ1n) is 6.26. The topological polar surface area (TPSA) is 49.3 Å². The number of hydrogen-bond donors (Lipinski definition) is 3. The van der Waals surface area contributed by atoms with E-state index in [1.165, 1.54) is 0 Å². The van der Waals surface area contributed by atoms with Crippen molar-refractivity contribution in [3.8, 4) is 0 Å². The summed E-state index contributed by atoms with van der Waals surface area (Å²) < 4.78 is 0. The van der Waals surface area contributed by atoms with Gasteiger partial charge in [0.05, 0.1) is 11.9 Å². The van der Waals surface area contributed by atoms with E-state index in [4.69, 9.17) is 0 Å². The lowest BCUT2D eigenvalue weighted by Gasteiger charge is -2.15. The van der Waals surface area contributed by atoms with Crippen molar-refractivity contribution in [1.29, 1.82) is 0 Å². The zero-order valence-corrected chi connectivity index (χ0v) is 11.2. The summed E-state index contributed by atoms with van der Waals surface area (Å²) in [6.07, 6.45) is 2.63. The van der Waals surface area contributed by atoms with Crippen LogP contribution in [-0.4, -0.2) is 29.4 Å². The first-order valence-corrected chi connectivity index (χ1v) is 6.77. The number of aliphatic hydroxyl groups is 1. The Morgan fingerprint density at radius 3 is 2.61 bits per heavy atom. The van der Waals surface area contributed by atoms with Crippen molar-refractivity contribution in [1.82, 2.24) is 5.32 Å². The molecule has 1 saturated carbocycles. The molecular formula is C14H19NO2S. The maximum atomic E-state index is 11.9. The smallest absolute Gasteiger partial charge is 0.233 e. The third kappa shape index (κ3) is 3.50. The number of aliphatic hydroxyl groups excluding tert-OH is 1. The van der Waals surface area contributed by atoms with Crippen LogP contribution in [0.4, 0.5) is 0 Å². The predicted molar refractivity (Wildman–Crippen MR) is 74.7 cm³/mol. The molecular weight excluding hydrogens is 246 g/mol. The molecule has 0 bridgehead atoms. The minimum Gasteiger partial charge on any atom is -0.396 e. The lowest BCUT2D eigenvalue weighted by atomic mass is 10.1. The van der Waals surface area contributed by atoms with E-state index in [0.29, 0.717) is 13.0 Å². The molecule has 4 heteroatoms. The standard InChI is InChI=1S/C14H19NO2S/c16-10-14(6-7-14)9-15-13(17)12(18)8-11-4-2-1-3-5-11/h1-5,12,16,18H,6-10H2,(H,15,17). The summed E-state index contributed by atoms with van der Waals surface area (Å²) in [4.78, 5) is 11.9. The van der Waals surface area contributed by atoms with E-state index >= 15 is 0 Å². The summed E-state index contributed by atoms with van der Waals surface area (Å²) in [5.74, 6) is -0.0538. The van der Waals surface area contributed by atoms with Crippen LogP contribution >= 0.6 is 12.6 Å². The van der Waals surface area contributed by atoms with Crippen LogP contribution in [0.25, 0.3) is 0 Å². The van der Waals surface area contributed by atoms with Crippen LogP contribution in [0, 0.1) is 5.41 Å².